The molecule has 3 aromatic rings. The van der Waals surface area contributed by atoms with Gasteiger partial charge in [0.25, 0.3) is 0 Å². The lowest BCUT2D eigenvalue weighted by Gasteiger charge is -2.18. The highest BCUT2D eigenvalue weighted by Gasteiger charge is 2.25. The molecule has 6 heteroatoms. The predicted molar refractivity (Wildman–Crippen MR) is 94.6 cm³/mol. The minimum atomic E-state index is -1.28. The third kappa shape index (κ3) is 2.84. The average molecular weight is 350 g/mol. The Morgan fingerprint density at radius 2 is 0.923 bits per heavy atom. The fourth-order valence-electron chi connectivity index (χ4n) is 2.89. The van der Waals surface area contributed by atoms with Gasteiger partial charge in [-0.2, -0.15) is 0 Å². The van der Waals surface area contributed by atoms with Gasteiger partial charge in [0.2, 0.25) is 0 Å². The lowest BCUT2D eigenvalue weighted by atomic mass is 9.86. The van der Waals surface area contributed by atoms with E-state index in [-0.39, 0.29) is 44.9 Å². The van der Waals surface area contributed by atoms with E-state index in [2.05, 4.69) is 0 Å². The zero-order valence-corrected chi connectivity index (χ0v) is 13.4. The van der Waals surface area contributed by atoms with E-state index in [1.165, 1.54) is 36.4 Å². The Labute approximate surface area is 148 Å². The summed E-state index contributed by atoms with van der Waals surface area (Å²) in [6.07, 6.45) is 0. The van der Waals surface area contributed by atoms with Crippen molar-refractivity contribution in [3.63, 3.8) is 0 Å². The molecule has 0 unspecified atom stereocenters. The first-order chi connectivity index (χ1) is 12.4. The molecule has 3 rings (SSSR count). The first-order valence-electron chi connectivity index (χ1n) is 7.62. The van der Waals surface area contributed by atoms with Crippen LogP contribution in [0.1, 0.15) is 20.7 Å². The number of carbonyl (C=O) groups is 2. The fraction of sp³-hybridized carbons (Fsp3) is 0. The lowest BCUT2D eigenvalue weighted by molar-refractivity contribution is 0.0682. The van der Waals surface area contributed by atoms with Crippen LogP contribution in [-0.2, 0) is 0 Å². The second-order valence-corrected chi connectivity index (χ2v) is 5.56. The van der Waals surface area contributed by atoms with E-state index in [1.54, 1.807) is 24.3 Å². The molecule has 0 saturated heterocycles. The summed E-state index contributed by atoms with van der Waals surface area (Å²) in [6, 6.07) is 14.4. The van der Waals surface area contributed by atoms with Crippen LogP contribution in [0.3, 0.4) is 0 Å². The van der Waals surface area contributed by atoms with Gasteiger partial charge in [0.15, 0.2) is 0 Å². The molecular weight excluding hydrogens is 336 g/mol. The maximum Gasteiger partial charge on any atom is 0.336 e. The molecule has 0 aliphatic carbocycles. The third-order valence-electron chi connectivity index (χ3n) is 4.01. The predicted octanol–water partition coefficient (Wildman–Crippen LogP) is 3.83. The number of aromatic carboxylic acids is 2. The summed E-state index contributed by atoms with van der Waals surface area (Å²) in [7, 11) is 0. The van der Waals surface area contributed by atoms with Crippen LogP contribution in [0.4, 0.5) is 0 Å². The molecule has 0 atom stereocenters. The van der Waals surface area contributed by atoms with Gasteiger partial charge in [-0.05, 0) is 24.3 Å². The van der Waals surface area contributed by atoms with Crippen molar-refractivity contribution in [2.45, 2.75) is 0 Å². The Bertz CT molecular complexity index is 940. The molecule has 6 nitrogen and oxygen atoms in total. The standard InChI is InChI=1S/C20H14O6/c21-15-7-3-1-5-11(15)17-13(19(23)24)9-10-14(20(25)26)18(17)12-6-2-4-8-16(12)22/h1-10,21-22H,(H,23,24)(H,25,26). The largest absolute Gasteiger partial charge is 0.507 e. The van der Waals surface area contributed by atoms with Gasteiger partial charge in [-0.1, -0.05) is 36.4 Å². The Morgan fingerprint density at radius 1 is 0.577 bits per heavy atom. The Hall–Kier alpha value is -3.80. The summed E-state index contributed by atoms with van der Waals surface area (Å²) in [6.45, 7) is 0. The molecule has 0 aromatic heterocycles. The lowest BCUT2D eigenvalue weighted by Crippen LogP contribution is -2.07. The highest BCUT2D eigenvalue weighted by atomic mass is 16.4. The average Bonchev–Trinajstić information content (AvgIpc) is 2.61. The van der Waals surface area contributed by atoms with Gasteiger partial charge in [0.05, 0.1) is 11.1 Å². The third-order valence-corrected chi connectivity index (χ3v) is 4.01. The highest BCUT2D eigenvalue weighted by molar-refractivity contribution is 6.09. The topological polar surface area (TPSA) is 115 Å². The van der Waals surface area contributed by atoms with Crippen molar-refractivity contribution in [1.82, 2.24) is 0 Å². The van der Waals surface area contributed by atoms with E-state index in [0.717, 1.165) is 0 Å². The molecule has 130 valence electrons. The van der Waals surface area contributed by atoms with Gasteiger partial charge in [0, 0.05) is 22.3 Å². The van der Waals surface area contributed by atoms with Crippen LogP contribution in [0.5, 0.6) is 11.5 Å². The zero-order chi connectivity index (χ0) is 18.8. The second kappa shape index (κ2) is 6.60. The number of carboxylic acids is 2. The van der Waals surface area contributed by atoms with Crippen molar-refractivity contribution in [2.75, 3.05) is 0 Å². The van der Waals surface area contributed by atoms with Crippen molar-refractivity contribution >= 4 is 11.9 Å². The minimum absolute atomic E-state index is 0.0250. The molecule has 0 radical (unpaired) electrons. The first-order valence-corrected chi connectivity index (χ1v) is 7.62. The van der Waals surface area contributed by atoms with E-state index in [0.29, 0.717) is 0 Å². The van der Waals surface area contributed by atoms with Crippen molar-refractivity contribution in [1.29, 1.82) is 0 Å². The number of benzene rings is 3. The molecule has 0 spiro atoms. The fourth-order valence-corrected chi connectivity index (χ4v) is 2.89. The number of para-hydroxylation sites is 2. The number of rotatable bonds is 4. The van der Waals surface area contributed by atoms with Gasteiger partial charge < -0.3 is 20.4 Å². The summed E-state index contributed by atoms with van der Waals surface area (Å²) in [5.74, 6) is -2.96. The van der Waals surface area contributed by atoms with E-state index < -0.39 is 11.9 Å². The van der Waals surface area contributed by atoms with Crippen LogP contribution < -0.4 is 0 Å². The molecule has 3 aromatic carbocycles. The molecule has 4 N–H and O–H groups in total. The van der Waals surface area contributed by atoms with Crippen molar-refractivity contribution < 1.29 is 30.0 Å². The zero-order valence-electron chi connectivity index (χ0n) is 13.4. The maximum atomic E-state index is 11.8. The number of hydrogen-bond acceptors (Lipinski definition) is 4. The molecular formula is C20H14O6. The number of carboxylic acid groups (broad SMARTS) is 2. The van der Waals surface area contributed by atoms with Gasteiger partial charge in [-0.25, -0.2) is 9.59 Å². The summed E-state index contributed by atoms with van der Waals surface area (Å²) in [5, 5.41) is 39.7. The van der Waals surface area contributed by atoms with Crippen LogP contribution in [0, 0.1) is 0 Å². The van der Waals surface area contributed by atoms with Crippen LogP contribution in [0.25, 0.3) is 22.3 Å². The number of aromatic hydroxyl groups is 2. The van der Waals surface area contributed by atoms with Gasteiger partial charge in [-0.3, -0.25) is 0 Å². The van der Waals surface area contributed by atoms with Crippen molar-refractivity contribution in [3.8, 4) is 33.8 Å². The first kappa shape index (κ1) is 17.0. The Balaban J connectivity index is 2.53. The van der Waals surface area contributed by atoms with Crippen LogP contribution in [0.2, 0.25) is 0 Å². The smallest absolute Gasteiger partial charge is 0.336 e. The highest BCUT2D eigenvalue weighted by Crippen LogP contribution is 2.43. The van der Waals surface area contributed by atoms with E-state index in [9.17, 15) is 30.0 Å². The molecule has 0 saturated carbocycles. The van der Waals surface area contributed by atoms with E-state index >= 15 is 0 Å². The SMILES string of the molecule is O=C(O)c1ccc(C(=O)O)c(-c2ccccc2O)c1-c1ccccc1O. The van der Waals surface area contributed by atoms with Crippen LogP contribution >= 0.6 is 0 Å². The Kier molecular flexibility index (Phi) is 4.33. The number of phenolic OH excluding ortho intramolecular Hbond substituents is 2. The van der Waals surface area contributed by atoms with Gasteiger partial charge in [0.1, 0.15) is 11.5 Å². The second-order valence-electron chi connectivity index (χ2n) is 5.56. The van der Waals surface area contributed by atoms with Gasteiger partial charge in [-0.15, -0.1) is 0 Å². The monoisotopic (exact) mass is 350 g/mol. The summed E-state index contributed by atoms with van der Waals surface area (Å²) < 4.78 is 0. The molecule has 0 amide bonds. The van der Waals surface area contributed by atoms with Crippen molar-refractivity contribution in [2.24, 2.45) is 0 Å². The molecule has 26 heavy (non-hydrogen) atoms. The van der Waals surface area contributed by atoms with Crippen molar-refractivity contribution in [3.05, 3.63) is 71.8 Å². The number of hydrogen-bond donors (Lipinski definition) is 4. The Morgan fingerprint density at radius 3 is 1.23 bits per heavy atom. The molecule has 0 fully saturated rings. The normalized spacial score (nSPS) is 10.5. The van der Waals surface area contributed by atoms with E-state index in [1.807, 2.05) is 0 Å². The van der Waals surface area contributed by atoms with Gasteiger partial charge >= 0.3 is 11.9 Å². The van der Waals surface area contributed by atoms with E-state index in [4.69, 9.17) is 0 Å². The van der Waals surface area contributed by atoms with Crippen LogP contribution in [0.15, 0.2) is 60.7 Å². The molecule has 0 aliphatic rings. The maximum absolute atomic E-state index is 11.8. The number of phenols is 2. The summed E-state index contributed by atoms with van der Waals surface area (Å²) in [4.78, 5) is 23.5. The minimum Gasteiger partial charge on any atom is -0.507 e. The molecule has 0 bridgehead atoms. The molecule has 0 aliphatic heterocycles. The van der Waals surface area contributed by atoms with Crippen LogP contribution in [-0.4, -0.2) is 32.4 Å². The molecule has 0 heterocycles. The quantitative estimate of drug-likeness (QED) is 0.568. The summed E-state index contributed by atoms with van der Waals surface area (Å²) in [5.41, 5.74) is -0.00369. The summed E-state index contributed by atoms with van der Waals surface area (Å²) >= 11 is 0.